The number of hydrogen-bond acceptors (Lipinski definition) is 6. The Balaban J connectivity index is 1.95. The van der Waals surface area contributed by atoms with Gasteiger partial charge >= 0.3 is 0 Å². The van der Waals surface area contributed by atoms with E-state index in [0.717, 1.165) is 32.1 Å². The summed E-state index contributed by atoms with van der Waals surface area (Å²) in [7, 11) is 2.10. The monoisotopic (exact) mass is 294 g/mol. The van der Waals surface area contributed by atoms with Crippen LogP contribution >= 0.6 is 0 Å². The fraction of sp³-hybridized carbons (Fsp3) is 0.667. The molecule has 0 aliphatic carbocycles. The number of nitrogens with zero attached hydrogens (tertiary/aromatic N) is 2. The van der Waals surface area contributed by atoms with Gasteiger partial charge in [-0.1, -0.05) is 0 Å². The van der Waals surface area contributed by atoms with Gasteiger partial charge in [-0.15, -0.1) is 0 Å². The molecule has 1 aliphatic rings. The van der Waals surface area contributed by atoms with Gasteiger partial charge in [0.25, 0.3) is 0 Å². The van der Waals surface area contributed by atoms with E-state index < -0.39 is 0 Å². The van der Waals surface area contributed by atoms with Crippen LogP contribution in [-0.4, -0.2) is 54.9 Å². The summed E-state index contributed by atoms with van der Waals surface area (Å²) in [6, 6.07) is 3.67. The second kappa shape index (κ2) is 6.49. The number of ether oxygens (including phenoxy) is 2. The van der Waals surface area contributed by atoms with Crippen molar-refractivity contribution in [2.24, 2.45) is 0 Å². The summed E-state index contributed by atoms with van der Waals surface area (Å²) in [5.74, 6) is 1.22. The minimum atomic E-state index is -0.324. The molecule has 0 spiro atoms. The summed E-state index contributed by atoms with van der Waals surface area (Å²) < 4.78 is 11.5. The van der Waals surface area contributed by atoms with Gasteiger partial charge in [-0.2, -0.15) is 4.98 Å². The maximum absolute atomic E-state index is 5.91. The maximum Gasteiger partial charge on any atom is 0.239 e. The van der Waals surface area contributed by atoms with Gasteiger partial charge in [0.2, 0.25) is 5.88 Å². The molecule has 6 heteroatoms. The molecule has 0 saturated carbocycles. The molecular weight excluding hydrogens is 268 g/mol. The number of morpholine rings is 1. The van der Waals surface area contributed by atoms with Crippen molar-refractivity contribution in [3.63, 3.8) is 0 Å². The number of nitrogen functional groups attached to an aromatic ring is 1. The molecule has 118 valence electrons. The molecule has 1 unspecified atom stereocenters. The number of hydrogen-bond donors (Lipinski definition) is 2. The Kier molecular flexibility index (Phi) is 4.90. The van der Waals surface area contributed by atoms with Crippen molar-refractivity contribution in [2.45, 2.75) is 32.5 Å². The molecule has 0 bridgehead atoms. The van der Waals surface area contributed by atoms with Crippen LogP contribution in [0.4, 0.5) is 11.5 Å². The first-order valence-corrected chi connectivity index (χ1v) is 7.33. The first kappa shape index (κ1) is 15.9. The number of rotatable bonds is 4. The third-order valence-electron chi connectivity index (χ3n) is 3.15. The lowest BCUT2D eigenvalue weighted by atomic mass is 10.2. The van der Waals surface area contributed by atoms with Gasteiger partial charge in [0.15, 0.2) is 0 Å². The van der Waals surface area contributed by atoms with E-state index in [9.17, 15) is 0 Å². The highest BCUT2D eigenvalue weighted by Gasteiger charge is 2.18. The van der Waals surface area contributed by atoms with Crippen LogP contribution in [0.15, 0.2) is 12.1 Å². The Labute approximate surface area is 126 Å². The van der Waals surface area contributed by atoms with Crippen molar-refractivity contribution >= 4 is 11.5 Å². The third kappa shape index (κ3) is 5.06. The average Bonchev–Trinajstić information content (AvgIpc) is 2.38. The van der Waals surface area contributed by atoms with Crippen molar-refractivity contribution in [1.29, 1.82) is 0 Å². The molecule has 1 saturated heterocycles. The zero-order valence-electron chi connectivity index (χ0n) is 13.3. The second-order valence-corrected chi connectivity index (χ2v) is 6.44. The Morgan fingerprint density at radius 2 is 2.24 bits per heavy atom. The van der Waals surface area contributed by atoms with E-state index in [1.54, 1.807) is 0 Å². The molecule has 1 aliphatic heterocycles. The zero-order valence-corrected chi connectivity index (χ0v) is 13.3. The summed E-state index contributed by atoms with van der Waals surface area (Å²) in [4.78, 5) is 6.70. The standard InChI is InChI=1S/C15H26N4O2/c1-15(2,3)21-14-12(16)5-6-13(18-14)17-9-11-10-19(4)7-8-20-11/h5-6,11H,7-10,16H2,1-4H3,(H,17,18). The van der Waals surface area contributed by atoms with Gasteiger partial charge < -0.3 is 25.4 Å². The van der Waals surface area contributed by atoms with Crippen molar-refractivity contribution in [1.82, 2.24) is 9.88 Å². The van der Waals surface area contributed by atoms with E-state index >= 15 is 0 Å². The lowest BCUT2D eigenvalue weighted by molar-refractivity contribution is -0.0117. The predicted octanol–water partition coefficient (Wildman–Crippen LogP) is 1.58. The summed E-state index contributed by atoms with van der Waals surface area (Å²) in [6.45, 7) is 9.32. The fourth-order valence-corrected chi connectivity index (χ4v) is 2.13. The highest BCUT2D eigenvalue weighted by atomic mass is 16.5. The van der Waals surface area contributed by atoms with E-state index in [-0.39, 0.29) is 11.7 Å². The van der Waals surface area contributed by atoms with Crippen molar-refractivity contribution in [3.8, 4) is 5.88 Å². The van der Waals surface area contributed by atoms with Gasteiger partial charge in [0.05, 0.1) is 18.4 Å². The topological polar surface area (TPSA) is 72.6 Å². The first-order chi connectivity index (χ1) is 9.83. The van der Waals surface area contributed by atoms with Gasteiger partial charge in [-0.05, 0) is 40.0 Å². The van der Waals surface area contributed by atoms with E-state index in [1.807, 2.05) is 32.9 Å². The van der Waals surface area contributed by atoms with Crippen LogP contribution in [0.5, 0.6) is 5.88 Å². The molecule has 2 heterocycles. The number of nitrogens with one attached hydrogen (secondary N) is 1. The first-order valence-electron chi connectivity index (χ1n) is 7.33. The molecule has 2 rings (SSSR count). The smallest absolute Gasteiger partial charge is 0.239 e. The van der Waals surface area contributed by atoms with Crippen molar-refractivity contribution in [3.05, 3.63) is 12.1 Å². The summed E-state index contributed by atoms with van der Waals surface area (Å²) in [6.07, 6.45) is 0.176. The minimum Gasteiger partial charge on any atom is -0.470 e. The third-order valence-corrected chi connectivity index (χ3v) is 3.15. The Morgan fingerprint density at radius 1 is 1.48 bits per heavy atom. The van der Waals surface area contributed by atoms with Crippen molar-refractivity contribution in [2.75, 3.05) is 44.3 Å². The molecule has 1 fully saturated rings. The van der Waals surface area contributed by atoms with Crippen LogP contribution in [-0.2, 0) is 4.74 Å². The van der Waals surface area contributed by atoms with Crippen LogP contribution in [0.2, 0.25) is 0 Å². The summed E-state index contributed by atoms with van der Waals surface area (Å²) >= 11 is 0. The molecule has 0 aromatic carbocycles. The molecular formula is C15H26N4O2. The largest absolute Gasteiger partial charge is 0.470 e. The molecule has 3 N–H and O–H groups in total. The molecule has 0 radical (unpaired) electrons. The zero-order chi connectivity index (χ0) is 15.5. The van der Waals surface area contributed by atoms with E-state index in [2.05, 4.69) is 22.2 Å². The number of pyridine rings is 1. The SMILES string of the molecule is CN1CCOC(CNc2ccc(N)c(OC(C)(C)C)n2)C1. The Hall–Kier alpha value is -1.53. The van der Waals surface area contributed by atoms with Crippen LogP contribution in [0.3, 0.4) is 0 Å². The molecule has 0 amide bonds. The molecule has 6 nitrogen and oxygen atoms in total. The van der Waals surface area contributed by atoms with Gasteiger partial charge in [0.1, 0.15) is 11.4 Å². The van der Waals surface area contributed by atoms with Crippen molar-refractivity contribution < 1.29 is 9.47 Å². The van der Waals surface area contributed by atoms with Gasteiger partial charge in [-0.3, -0.25) is 0 Å². The lowest BCUT2D eigenvalue weighted by Crippen LogP contribution is -2.43. The lowest BCUT2D eigenvalue weighted by Gasteiger charge is -2.30. The normalized spacial score (nSPS) is 20.3. The van der Waals surface area contributed by atoms with E-state index in [1.165, 1.54) is 0 Å². The van der Waals surface area contributed by atoms with E-state index in [4.69, 9.17) is 15.2 Å². The van der Waals surface area contributed by atoms with Crippen LogP contribution in [0.1, 0.15) is 20.8 Å². The minimum absolute atomic E-state index is 0.176. The Morgan fingerprint density at radius 3 is 2.90 bits per heavy atom. The number of anilines is 2. The van der Waals surface area contributed by atoms with Gasteiger partial charge in [-0.25, -0.2) is 0 Å². The highest BCUT2D eigenvalue weighted by molar-refractivity contribution is 5.53. The number of aromatic nitrogens is 1. The molecule has 1 aromatic rings. The second-order valence-electron chi connectivity index (χ2n) is 6.44. The Bertz CT molecular complexity index is 473. The fourth-order valence-electron chi connectivity index (χ4n) is 2.13. The highest BCUT2D eigenvalue weighted by Crippen LogP contribution is 2.24. The van der Waals surface area contributed by atoms with Crippen LogP contribution < -0.4 is 15.8 Å². The molecule has 1 aromatic heterocycles. The van der Waals surface area contributed by atoms with Gasteiger partial charge in [0, 0.05) is 19.6 Å². The van der Waals surface area contributed by atoms with Crippen LogP contribution in [0.25, 0.3) is 0 Å². The quantitative estimate of drug-likeness (QED) is 0.878. The molecule has 21 heavy (non-hydrogen) atoms. The predicted molar refractivity (Wildman–Crippen MR) is 84.8 cm³/mol. The van der Waals surface area contributed by atoms with E-state index in [0.29, 0.717) is 11.6 Å². The number of likely N-dealkylation sites (N-methyl/N-ethyl adjacent to an activating group) is 1. The van der Waals surface area contributed by atoms with Crippen LogP contribution in [0, 0.1) is 0 Å². The summed E-state index contributed by atoms with van der Waals surface area (Å²) in [5, 5.41) is 3.29. The molecule has 1 atom stereocenters. The maximum atomic E-state index is 5.91. The number of nitrogens with two attached hydrogens (primary N) is 1. The average molecular weight is 294 g/mol. The summed E-state index contributed by atoms with van der Waals surface area (Å²) in [5.41, 5.74) is 6.13.